The fourth-order valence-electron chi connectivity index (χ4n) is 1.32. The first-order valence-corrected chi connectivity index (χ1v) is 7.09. The summed E-state index contributed by atoms with van der Waals surface area (Å²) in [4.78, 5) is 15.4. The molecule has 0 saturated heterocycles. The maximum atomic E-state index is 11.3. The monoisotopic (exact) mass is 275 g/mol. The zero-order valence-electron chi connectivity index (χ0n) is 10.0. The molecule has 0 amide bonds. The predicted molar refractivity (Wildman–Crippen MR) is 69.1 cm³/mol. The van der Waals surface area contributed by atoms with E-state index in [1.54, 1.807) is 25.0 Å². The standard InChI is InChI=1S/C10H17N3O2S2/c1-10(11,8(14)15-2)5-3-4-6-16-9-12-7-13-17-9/h7H,3-6,11H2,1-2H3. The van der Waals surface area contributed by atoms with E-state index in [1.807, 2.05) is 0 Å². The number of carbonyl (C=O) groups excluding carboxylic acids is 1. The number of unbranched alkanes of at least 4 members (excludes halogenated alkanes) is 1. The molecule has 0 radical (unpaired) electrons. The molecule has 1 rings (SSSR count). The Labute approximate surface area is 109 Å². The maximum absolute atomic E-state index is 11.3. The van der Waals surface area contributed by atoms with Gasteiger partial charge in [0.1, 0.15) is 11.9 Å². The molecule has 1 atom stereocenters. The van der Waals surface area contributed by atoms with Crippen LogP contribution < -0.4 is 5.73 Å². The second kappa shape index (κ2) is 6.93. The van der Waals surface area contributed by atoms with Crippen LogP contribution >= 0.6 is 23.3 Å². The maximum Gasteiger partial charge on any atom is 0.325 e. The molecular formula is C10H17N3O2S2. The highest BCUT2D eigenvalue weighted by Crippen LogP contribution is 2.21. The topological polar surface area (TPSA) is 78.1 Å². The smallest absolute Gasteiger partial charge is 0.325 e. The normalized spacial score (nSPS) is 14.3. The number of methoxy groups -OCH3 is 1. The number of rotatable bonds is 7. The zero-order chi connectivity index (χ0) is 12.7. The van der Waals surface area contributed by atoms with Crippen LogP contribution in [0.4, 0.5) is 0 Å². The summed E-state index contributed by atoms with van der Waals surface area (Å²) in [5.74, 6) is 0.612. The van der Waals surface area contributed by atoms with Gasteiger partial charge in [-0.1, -0.05) is 18.2 Å². The molecule has 0 spiro atoms. The number of nitrogens with two attached hydrogens (primary N) is 1. The van der Waals surface area contributed by atoms with Gasteiger partial charge in [0.2, 0.25) is 0 Å². The molecule has 1 heterocycles. The fraction of sp³-hybridized carbons (Fsp3) is 0.700. The SMILES string of the molecule is COC(=O)C(C)(N)CCCCSc1ncns1. The van der Waals surface area contributed by atoms with E-state index in [2.05, 4.69) is 14.1 Å². The van der Waals surface area contributed by atoms with Gasteiger partial charge < -0.3 is 10.5 Å². The molecule has 0 aliphatic rings. The largest absolute Gasteiger partial charge is 0.468 e. The highest BCUT2D eigenvalue weighted by Gasteiger charge is 2.28. The predicted octanol–water partition coefficient (Wildman–Crippen LogP) is 1.69. The summed E-state index contributed by atoms with van der Waals surface area (Å²) in [6.45, 7) is 1.71. The quantitative estimate of drug-likeness (QED) is 0.463. The first-order chi connectivity index (χ1) is 8.06. The van der Waals surface area contributed by atoms with E-state index in [0.717, 1.165) is 22.9 Å². The number of ether oxygens (including phenoxy) is 1. The molecule has 17 heavy (non-hydrogen) atoms. The van der Waals surface area contributed by atoms with Crippen LogP contribution in [0.1, 0.15) is 26.2 Å². The third kappa shape index (κ3) is 5.01. The van der Waals surface area contributed by atoms with Crippen molar-refractivity contribution in [3.05, 3.63) is 6.33 Å². The number of hydrogen-bond donors (Lipinski definition) is 1. The van der Waals surface area contributed by atoms with Gasteiger partial charge in [-0.2, -0.15) is 4.37 Å². The Balaban J connectivity index is 2.13. The molecule has 1 unspecified atom stereocenters. The van der Waals surface area contributed by atoms with Crippen LogP contribution in [-0.2, 0) is 9.53 Å². The summed E-state index contributed by atoms with van der Waals surface area (Å²) < 4.78 is 9.55. The molecule has 1 aromatic heterocycles. The van der Waals surface area contributed by atoms with Gasteiger partial charge in [-0.15, -0.1) is 0 Å². The third-order valence-corrected chi connectivity index (χ3v) is 4.19. The fourth-order valence-corrected chi connectivity index (χ4v) is 2.83. The Kier molecular flexibility index (Phi) is 5.87. The van der Waals surface area contributed by atoms with Crippen LogP contribution in [-0.4, -0.2) is 33.7 Å². The van der Waals surface area contributed by atoms with E-state index in [9.17, 15) is 4.79 Å². The Bertz CT molecular complexity index is 341. The van der Waals surface area contributed by atoms with Crippen molar-refractivity contribution in [2.75, 3.05) is 12.9 Å². The minimum absolute atomic E-state index is 0.353. The Hall–Kier alpha value is -0.660. The van der Waals surface area contributed by atoms with E-state index in [-0.39, 0.29) is 5.97 Å². The summed E-state index contributed by atoms with van der Waals surface area (Å²) in [5.41, 5.74) is 4.97. The molecule has 2 N–H and O–H groups in total. The lowest BCUT2D eigenvalue weighted by Gasteiger charge is -2.20. The summed E-state index contributed by atoms with van der Waals surface area (Å²) in [5, 5.41) is 0. The number of aromatic nitrogens is 2. The first kappa shape index (κ1) is 14.4. The van der Waals surface area contributed by atoms with E-state index >= 15 is 0 Å². The number of thioether (sulfide) groups is 1. The zero-order valence-corrected chi connectivity index (χ0v) is 11.6. The molecule has 96 valence electrons. The lowest BCUT2D eigenvalue weighted by Crippen LogP contribution is -2.45. The van der Waals surface area contributed by atoms with E-state index in [0.29, 0.717) is 6.42 Å². The van der Waals surface area contributed by atoms with Crippen molar-refractivity contribution in [1.82, 2.24) is 9.36 Å². The van der Waals surface area contributed by atoms with Gasteiger partial charge in [-0.3, -0.25) is 4.79 Å². The van der Waals surface area contributed by atoms with Crippen LogP contribution in [0.25, 0.3) is 0 Å². The van der Waals surface area contributed by atoms with Crippen molar-refractivity contribution in [3.8, 4) is 0 Å². The van der Waals surface area contributed by atoms with E-state index < -0.39 is 5.54 Å². The highest BCUT2D eigenvalue weighted by molar-refractivity contribution is 8.00. The summed E-state index contributed by atoms with van der Waals surface area (Å²) in [7, 11) is 1.36. The van der Waals surface area contributed by atoms with Crippen LogP contribution in [0, 0.1) is 0 Å². The molecule has 1 aromatic rings. The van der Waals surface area contributed by atoms with E-state index in [4.69, 9.17) is 5.73 Å². The van der Waals surface area contributed by atoms with Crippen molar-refractivity contribution in [1.29, 1.82) is 0 Å². The molecule has 0 aliphatic heterocycles. The Morgan fingerprint density at radius 3 is 3.00 bits per heavy atom. The minimum Gasteiger partial charge on any atom is -0.468 e. The van der Waals surface area contributed by atoms with Gasteiger partial charge in [-0.25, -0.2) is 4.98 Å². The Morgan fingerprint density at radius 1 is 1.65 bits per heavy atom. The summed E-state index contributed by atoms with van der Waals surface area (Å²) >= 11 is 3.08. The molecule has 5 nitrogen and oxygen atoms in total. The highest BCUT2D eigenvalue weighted by atomic mass is 32.2. The average molecular weight is 275 g/mol. The second-order valence-corrected chi connectivity index (χ2v) is 6.04. The van der Waals surface area contributed by atoms with Crippen molar-refractivity contribution in [3.63, 3.8) is 0 Å². The Morgan fingerprint density at radius 2 is 2.41 bits per heavy atom. The molecule has 7 heteroatoms. The molecule has 0 aliphatic carbocycles. The number of hydrogen-bond acceptors (Lipinski definition) is 7. The van der Waals surface area contributed by atoms with E-state index in [1.165, 1.54) is 18.6 Å². The lowest BCUT2D eigenvalue weighted by molar-refractivity contribution is -0.146. The summed E-state index contributed by atoms with van der Waals surface area (Å²) in [6, 6.07) is 0. The summed E-state index contributed by atoms with van der Waals surface area (Å²) in [6.07, 6.45) is 4.08. The van der Waals surface area contributed by atoms with Crippen LogP contribution in [0.5, 0.6) is 0 Å². The van der Waals surface area contributed by atoms with Gasteiger partial charge in [0, 0.05) is 5.75 Å². The van der Waals surface area contributed by atoms with Gasteiger partial charge in [0.05, 0.1) is 7.11 Å². The van der Waals surface area contributed by atoms with Gasteiger partial charge in [-0.05, 0) is 31.3 Å². The van der Waals surface area contributed by atoms with Crippen LogP contribution in [0.15, 0.2) is 10.7 Å². The van der Waals surface area contributed by atoms with Crippen LogP contribution in [0.3, 0.4) is 0 Å². The molecular weight excluding hydrogens is 258 g/mol. The minimum atomic E-state index is -0.873. The average Bonchev–Trinajstić information content (AvgIpc) is 2.80. The van der Waals surface area contributed by atoms with Gasteiger partial charge in [0.15, 0.2) is 4.34 Å². The molecule has 0 saturated carbocycles. The van der Waals surface area contributed by atoms with Gasteiger partial charge in [0.25, 0.3) is 0 Å². The third-order valence-electron chi connectivity index (χ3n) is 2.31. The second-order valence-electron chi connectivity index (χ2n) is 3.92. The number of esters is 1. The molecule has 0 bridgehead atoms. The van der Waals surface area contributed by atoms with Gasteiger partial charge >= 0.3 is 5.97 Å². The number of nitrogens with zero attached hydrogens (tertiary/aromatic N) is 2. The van der Waals surface area contributed by atoms with Crippen molar-refractivity contribution >= 4 is 29.3 Å². The number of carbonyl (C=O) groups is 1. The van der Waals surface area contributed by atoms with Crippen molar-refractivity contribution < 1.29 is 9.53 Å². The van der Waals surface area contributed by atoms with Crippen LogP contribution in [0.2, 0.25) is 0 Å². The van der Waals surface area contributed by atoms with Crippen molar-refractivity contribution in [2.24, 2.45) is 5.73 Å². The van der Waals surface area contributed by atoms with Crippen molar-refractivity contribution in [2.45, 2.75) is 36.1 Å². The molecule has 0 aromatic carbocycles. The lowest BCUT2D eigenvalue weighted by atomic mass is 9.97. The first-order valence-electron chi connectivity index (χ1n) is 5.33. The molecule has 0 fully saturated rings.